The number of benzene rings is 2. The van der Waals surface area contributed by atoms with Gasteiger partial charge in [-0.3, -0.25) is 0 Å². The second-order valence-corrected chi connectivity index (χ2v) is 12.8. The minimum atomic E-state index is -1.64. The predicted molar refractivity (Wildman–Crippen MR) is 181 cm³/mol. The summed E-state index contributed by atoms with van der Waals surface area (Å²) in [6.45, 7) is 8.43. The lowest BCUT2D eigenvalue weighted by molar-refractivity contribution is -0.156. The Kier molecular flexibility index (Phi) is 17.3. The first kappa shape index (κ1) is 40.2. The van der Waals surface area contributed by atoms with Crippen molar-refractivity contribution >= 4 is 93.5 Å². The van der Waals surface area contributed by atoms with Crippen LogP contribution in [0.2, 0.25) is 30.1 Å². The molecular weight excluding hydrogens is 725 g/mol. The SMILES string of the molecule is CCC(CC)CCCOC(=O)c1c(Cl)c(Cl)cc(Cl)c1OC(=O)C(=O)Oc1c(Cl)cc(Cl)c(Cl)c1C(=O)OCCCC(CC)CC. The number of carbonyl (C=O) groups excluding carboxylic acids is 4. The number of esters is 4. The Labute approximate surface area is 299 Å². The smallest absolute Gasteiger partial charge is 0.423 e. The quantitative estimate of drug-likeness (QED) is 0.0547. The van der Waals surface area contributed by atoms with Crippen molar-refractivity contribution in [3.8, 4) is 11.5 Å². The third kappa shape index (κ3) is 11.1. The number of halogens is 6. The largest absolute Gasteiger partial charge is 0.462 e. The van der Waals surface area contributed by atoms with Crippen molar-refractivity contribution < 1.29 is 38.1 Å². The van der Waals surface area contributed by atoms with Crippen LogP contribution in [0, 0.1) is 11.8 Å². The first-order valence-electron chi connectivity index (χ1n) is 14.9. The summed E-state index contributed by atoms with van der Waals surface area (Å²) in [5, 5.41) is -1.50. The van der Waals surface area contributed by atoms with Crippen LogP contribution in [0.4, 0.5) is 0 Å². The van der Waals surface area contributed by atoms with Gasteiger partial charge in [0.2, 0.25) is 0 Å². The summed E-state index contributed by atoms with van der Waals surface area (Å²) < 4.78 is 21.0. The first-order valence-corrected chi connectivity index (χ1v) is 17.2. The summed E-state index contributed by atoms with van der Waals surface area (Å²) in [6, 6.07) is 2.24. The van der Waals surface area contributed by atoms with Crippen LogP contribution in [0.5, 0.6) is 11.5 Å². The minimum absolute atomic E-state index is 0.0533. The van der Waals surface area contributed by atoms with Gasteiger partial charge >= 0.3 is 23.9 Å². The molecule has 0 spiro atoms. The summed E-state index contributed by atoms with van der Waals surface area (Å²) >= 11 is 37.2. The van der Waals surface area contributed by atoms with Gasteiger partial charge in [0.15, 0.2) is 11.5 Å². The number of hydrogen-bond acceptors (Lipinski definition) is 8. The summed E-state index contributed by atoms with van der Waals surface area (Å²) in [5.41, 5.74) is -0.929. The zero-order valence-corrected chi connectivity index (χ0v) is 30.4. The molecule has 0 aliphatic carbocycles. The highest BCUT2D eigenvalue weighted by Gasteiger charge is 2.32. The summed E-state index contributed by atoms with van der Waals surface area (Å²) in [5.74, 6) is -5.44. The molecule has 2 aromatic carbocycles. The van der Waals surface area contributed by atoms with Gasteiger partial charge < -0.3 is 18.9 Å². The standard InChI is InChI=1S/C32H36Cl6O8/c1-5-17(6-2)11-9-13-43-29(39)23-25(37)19(33)15-21(35)27(23)45-31(41)32(42)46-28-22(36)16-20(34)26(38)24(28)30(40)44-14-10-12-18(7-3)8-4/h15-18H,5-14H2,1-4H3. The maximum atomic E-state index is 13.0. The monoisotopic (exact) mass is 758 g/mol. The molecule has 14 heteroatoms. The van der Waals surface area contributed by atoms with Crippen LogP contribution in [0.25, 0.3) is 0 Å². The van der Waals surface area contributed by atoms with Crippen LogP contribution in [-0.2, 0) is 19.1 Å². The molecule has 8 nitrogen and oxygen atoms in total. The third-order valence-electron chi connectivity index (χ3n) is 7.51. The van der Waals surface area contributed by atoms with Gasteiger partial charge in [-0.1, -0.05) is 123 Å². The van der Waals surface area contributed by atoms with Gasteiger partial charge in [-0.25, -0.2) is 19.2 Å². The van der Waals surface area contributed by atoms with E-state index in [4.69, 9.17) is 88.6 Å². The van der Waals surface area contributed by atoms with Crippen LogP contribution < -0.4 is 9.47 Å². The van der Waals surface area contributed by atoms with E-state index in [-0.39, 0.29) is 43.3 Å². The Morgan fingerprint density at radius 2 is 0.891 bits per heavy atom. The molecule has 0 amide bonds. The molecule has 2 aromatic rings. The number of ether oxygens (including phenoxy) is 4. The zero-order valence-electron chi connectivity index (χ0n) is 25.9. The van der Waals surface area contributed by atoms with E-state index < -0.39 is 46.5 Å². The first-order chi connectivity index (χ1) is 21.8. The summed E-state index contributed by atoms with van der Waals surface area (Å²) in [6.07, 6.45) is 6.80. The molecule has 0 aliphatic heterocycles. The fraction of sp³-hybridized carbons (Fsp3) is 0.500. The van der Waals surface area contributed by atoms with E-state index in [1.807, 2.05) is 0 Å². The molecule has 0 saturated heterocycles. The van der Waals surface area contributed by atoms with Crippen molar-refractivity contribution in [2.75, 3.05) is 13.2 Å². The summed E-state index contributed by atoms with van der Waals surface area (Å²) in [7, 11) is 0. The van der Waals surface area contributed by atoms with E-state index in [9.17, 15) is 19.2 Å². The van der Waals surface area contributed by atoms with Gasteiger partial charge in [0, 0.05) is 0 Å². The van der Waals surface area contributed by atoms with Gasteiger partial charge in [-0.05, 0) is 49.7 Å². The predicted octanol–water partition coefficient (Wildman–Crippen LogP) is 10.9. The highest BCUT2D eigenvalue weighted by atomic mass is 35.5. The van der Waals surface area contributed by atoms with Crippen molar-refractivity contribution in [1.82, 2.24) is 0 Å². The second-order valence-electron chi connectivity index (χ2n) is 10.4. The Hall–Kier alpha value is -1.94. The molecule has 0 bridgehead atoms. The van der Waals surface area contributed by atoms with Gasteiger partial charge in [0.05, 0.1) is 43.3 Å². The highest BCUT2D eigenvalue weighted by molar-refractivity contribution is 6.47. The molecule has 0 aromatic heterocycles. The molecule has 0 unspecified atom stereocenters. The molecule has 0 fully saturated rings. The summed E-state index contributed by atoms with van der Waals surface area (Å²) in [4.78, 5) is 51.8. The van der Waals surface area contributed by atoms with Crippen LogP contribution >= 0.6 is 69.6 Å². The van der Waals surface area contributed by atoms with E-state index in [1.54, 1.807) is 0 Å². The Bertz CT molecular complexity index is 1300. The van der Waals surface area contributed by atoms with Gasteiger partial charge in [-0.2, -0.15) is 0 Å². The van der Waals surface area contributed by atoms with Crippen molar-refractivity contribution in [1.29, 1.82) is 0 Å². The van der Waals surface area contributed by atoms with Crippen molar-refractivity contribution in [2.45, 2.75) is 79.1 Å². The van der Waals surface area contributed by atoms with Crippen LogP contribution in [-0.4, -0.2) is 37.1 Å². The van der Waals surface area contributed by atoms with Crippen molar-refractivity contribution in [2.24, 2.45) is 11.8 Å². The average Bonchev–Trinajstić information content (AvgIpc) is 3.02. The minimum Gasteiger partial charge on any atom is -0.462 e. The zero-order chi connectivity index (χ0) is 34.6. The lowest BCUT2D eigenvalue weighted by Crippen LogP contribution is -2.27. The van der Waals surface area contributed by atoms with E-state index in [2.05, 4.69) is 27.7 Å². The van der Waals surface area contributed by atoms with Gasteiger partial charge in [-0.15, -0.1) is 0 Å². The molecular formula is C32H36Cl6O8. The molecule has 0 aliphatic rings. The van der Waals surface area contributed by atoms with Crippen molar-refractivity contribution in [3.05, 3.63) is 53.4 Å². The second kappa shape index (κ2) is 19.8. The Morgan fingerprint density at radius 3 is 1.20 bits per heavy atom. The molecule has 0 saturated carbocycles. The van der Waals surface area contributed by atoms with Crippen molar-refractivity contribution in [3.63, 3.8) is 0 Å². The Balaban J connectivity index is 2.26. The fourth-order valence-corrected chi connectivity index (χ4v) is 6.04. The number of hydrogen-bond donors (Lipinski definition) is 0. The van der Waals surface area contributed by atoms with Crippen LogP contribution in [0.15, 0.2) is 12.1 Å². The molecule has 254 valence electrons. The maximum Gasteiger partial charge on any atom is 0.423 e. The maximum absolute atomic E-state index is 13.0. The molecule has 0 atom stereocenters. The number of carbonyl (C=O) groups is 4. The van der Waals surface area contributed by atoms with Crippen LogP contribution in [0.3, 0.4) is 0 Å². The lowest BCUT2D eigenvalue weighted by Gasteiger charge is -2.16. The fourth-order valence-electron chi connectivity index (χ4n) is 4.60. The van der Waals surface area contributed by atoms with Gasteiger partial charge in [0.25, 0.3) is 0 Å². The number of rotatable bonds is 16. The van der Waals surface area contributed by atoms with E-state index in [1.165, 1.54) is 0 Å². The molecule has 46 heavy (non-hydrogen) atoms. The average molecular weight is 761 g/mol. The molecule has 0 radical (unpaired) electrons. The third-order valence-corrected chi connectivity index (χ3v) is 9.64. The van der Waals surface area contributed by atoms with Gasteiger partial charge in [0.1, 0.15) is 11.1 Å². The molecule has 0 heterocycles. The normalized spacial score (nSPS) is 11.1. The Morgan fingerprint density at radius 1 is 0.565 bits per heavy atom. The molecule has 0 N–H and O–H groups in total. The topological polar surface area (TPSA) is 105 Å². The lowest BCUT2D eigenvalue weighted by atomic mass is 9.98. The van der Waals surface area contributed by atoms with E-state index >= 15 is 0 Å². The van der Waals surface area contributed by atoms with E-state index in [0.29, 0.717) is 24.7 Å². The van der Waals surface area contributed by atoms with Crippen LogP contribution in [0.1, 0.15) is 99.8 Å². The highest BCUT2D eigenvalue weighted by Crippen LogP contribution is 2.41. The van der Waals surface area contributed by atoms with E-state index in [0.717, 1.165) is 50.7 Å². The molecule has 2 rings (SSSR count).